The van der Waals surface area contributed by atoms with Gasteiger partial charge in [0.1, 0.15) is 0 Å². The van der Waals surface area contributed by atoms with Gasteiger partial charge in [-0.2, -0.15) is 0 Å². The van der Waals surface area contributed by atoms with E-state index in [2.05, 4.69) is 35.6 Å². The van der Waals surface area contributed by atoms with Gasteiger partial charge >= 0.3 is 0 Å². The third kappa shape index (κ3) is 1.78. The Morgan fingerprint density at radius 1 is 0.938 bits per heavy atom. The average molecular weight is 215 g/mol. The van der Waals surface area contributed by atoms with Crippen LogP contribution in [0.3, 0.4) is 0 Å². The predicted octanol–water partition coefficient (Wildman–Crippen LogP) is 3.60. The fourth-order valence-corrected chi connectivity index (χ4v) is 3.20. The summed E-state index contributed by atoms with van der Waals surface area (Å²) < 4.78 is 0. The number of rotatable bonds is 3. The van der Waals surface area contributed by atoms with Crippen molar-refractivity contribution < 1.29 is 0 Å². The molecule has 2 aliphatic rings. The smallest absolute Gasteiger partial charge is 0.0436 e. The van der Waals surface area contributed by atoms with Crippen LogP contribution in [-0.4, -0.2) is 6.04 Å². The fraction of sp³-hybridized carbons (Fsp3) is 0.600. The van der Waals surface area contributed by atoms with Crippen LogP contribution in [0, 0.1) is 0 Å². The first kappa shape index (κ1) is 10.3. The minimum absolute atomic E-state index is 0.312. The molecular weight excluding hydrogens is 194 g/mol. The quantitative estimate of drug-likeness (QED) is 0.812. The van der Waals surface area contributed by atoms with Gasteiger partial charge < -0.3 is 5.32 Å². The van der Waals surface area contributed by atoms with Crippen LogP contribution in [0.5, 0.6) is 0 Å². The first-order valence-corrected chi connectivity index (χ1v) is 6.72. The molecule has 1 N–H and O–H groups in total. The van der Waals surface area contributed by atoms with E-state index in [1.165, 1.54) is 50.5 Å². The van der Waals surface area contributed by atoms with Crippen LogP contribution in [0.2, 0.25) is 0 Å². The summed E-state index contributed by atoms with van der Waals surface area (Å²) in [5, 5.41) is 3.95. The van der Waals surface area contributed by atoms with Crippen LogP contribution in [0.15, 0.2) is 30.3 Å². The fourth-order valence-electron chi connectivity index (χ4n) is 3.20. The Kier molecular flexibility index (Phi) is 2.72. The van der Waals surface area contributed by atoms with Crippen molar-refractivity contribution >= 4 is 0 Å². The lowest BCUT2D eigenvalue weighted by Gasteiger charge is -2.39. The van der Waals surface area contributed by atoms with Crippen molar-refractivity contribution in [3.8, 4) is 0 Å². The van der Waals surface area contributed by atoms with Gasteiger partial charge in [0.05, 0.1) is 0 Å². The average Bonchev–Trinajstić information content (AvgIpc) is 2.75. The van der Waals surface area contributed by atoms with E-state index < -0.39 is 0 Å². The van der Waals surface area contributed by atoms with E-state index >= 15 is 0 Å². The number of benzene rings is 1. The summed E-state index contributed by atoms with van der Waals surface area (Å²) in [7, 11) is 0. The van der Waals surface area contributed by atoms with Gasteiger partial charge in [-0.25, -0.2) is 0 Å². The second kappa shape index (κ2) is 4.21. The normalized spacial score (nSPS) is 24.2. The highest BCUT2D eigenvalue weighted by atomic mass is 15.0. The van der Waals surface area contributed by atoms with Gasteiger partial charge in [-0.1, -0.05) is 49.6 Å². The standard InChI is InChI=1S/C15H21N/c1-2-7-13(8-3-1)15(11-4-5-12-15)16-14-9-6-10-14/h1-3,7-8,14,16H,4-6,9-12H2. The molecule has 0 unspecified atom stereocenters. The molecule has 0 atom stereocenters. The summed E-state index contributed by atoms with van der Waals surface area (Å²) in [4.78, 5) is 0. The Morgan fingerprint density at radius 3 is 2.19 bits per heavy atom. The molecule has 2 aliphatic carbocycles. The Hall–Kier alpha value is -0.820. The van der Waals surface area contributed by atoms with Crippen LogP contribution < -0.4 is 5.32 Å². The Balaban J connectivity index is 1.84. The molecule has 0 spiro atoms. The van der Waals surface area contributed by atoms with Crippen LogP contribution in [0.1, 0.15) is 50.5 Å². The lowest BCUT2D eigenvalue weighted by atomic mass is 9.83. The maximum Gasteiger partial charge on any atom is 0.0436 e. The van der Waals surface area contributed by atoms with Gasteiger partial charge in [-0.05, 0) is 31.2 Å². The van der Waals surface area contributed by atoms with Gasteiger partial charge in [0.15, 0.2) is 0 Å². The van der Waals surface area contributed by atoms with Crippen molar-refractivity contribution in [2.45, 2.75) is 56.5 Å². The second-order valence-electron chi connectivity index (χ2n) is 5.43. The summed E-state index contributed by atoms with van der Waals surface area (Å²) in [6.45, 7) is 0. The van der Waals surface area contributed by atoms with Crippen molar-refractivity contribution in [2.75, 3.05) is 0 Å². The first-order chi connectivity index (χ1) is 7.89. The minimum atomic E-state index is 0.312. The van der Waals surface area contributed by atoms with Crippen LogP contribution in [0.4, 0.5) is 0 Å². The maximum absolute atomic E-state index is 3.95. The van der Waals surface area contributed by atoms with E-state index in [0.29, 0.717) is 5.54 Å². The molecule has 1 aromatic carbocycles. The van der Waals surface area contributed by atoms with Crippen molar-refractivity contribution in [1.29, 1.82) is 0 Å². The second-order valence-corrected chi connectivity index (χ2v) is 5.43. The zero-order valence-corrected chi connectivity index (χ0v) is 9.91. The lowest BCUT2D eigenvalue weighted by molar-refractivity contribution is 0.227. The molecule has 0 saturated heterocycles. The van der Waals surface area contributed by atoms with Gasteiger partial charge in [-0.3, -0.25) is 0 Å². The van der Waals surface area contributed by atoms with Crippen LogP contribution in [0.25, 0.3) is 0 Å². The largest absolute Gasteiger partial charge is 0.305 e. The summed E-state index contributed by atoms with van der Waals surface area (Å²) in [5.74, 6) is 0. The Labute approximate surface area is 98.3 Å². The molecule has 0 aliphatic heterocycles. The van der Waals surface area contributed by atoms with E-state index in [1.54, 1.807) is 0 Å². The molecule has 16 heavy (non-hydrogen) atoms. The molecule has 1 nitrogen and oxygen atoms in total. The molecule has 1 heteroatoms. The van der Waals surface area contributed by atoms with Crippen LogP contribution >= 0.6 is 0 Å². The molecule has 0 radical (unpaired) electrons. The highest BCUT2D eigenvalue weighted by Crippen LogP contribution is 2.40. The Bertz CT molecular complexity index is 334. The zero-order valence-electron chi connectivity index (χ0n) is 9.91. The third-order valence-electron chi connectivity index (χ3n) is 4.37. The third-order valence-corrected chi connectivity index (χ3v) is 4.37. The molecule has 2 fully saturated rings. The molecule has 0 aromatic heterocycles. The lowest BCUT2D eigenvalue weighted by Crippen LogP contribution is -2.48. The number of hydrogen-bond acceptors (Lipinski definition) is 1. The molecular formula is C15H21N. The SMILES string of the molecule is c1ccc(C2(NC3CCC3)CCCC2)cc1. The van der Waals surface area contributed by atoms with Crippen LogP contribution in [-0.2, 0) is 5.54 Å². The van der Waals surface area contributed by atoms with Gasteiger partial charge in [0, 0.05) is 11.6 Å². The number of nitrogens with one attached hydrogen (secondary N) is 1. The van der Waals surface area contributed by atoms with E-state index in [0.717, 1.165) is 6.04 Å². The predicted molar refractivity (Wildman–Crippen MR) is 67.4 cm³/mol. The maximum atomic E-state index is 3.95. The first-order valence-electron chi connectivity index (χ1n) is 6.72. The highest BCUT2D eigenvalue weighted by Gasteiger charge is 2.38. The molecule has 86 valence electrons. The molecule has 0 bridgehead atoms. The van der Waals surface area contributed by atoms with Crippen molar-refractivity contribution in [3.63, 3.8) is 0 Å². The Morgan fingerprint density at radius 2 is 1.62 bits per heavy atom. The van der Waals surface area contributed by atoms with E-state index in [9.17, 15) is 0 Å². The summed E-state index contributed by atoms with van der Waals surface area (Å²) in [6, 6.07) is 11.9. The number of hydrogen-bond donors (Lipinski definition) is 1. The van der Waals surface area contributed by atoms with E-state index in [-0.39, 0.29) is 0 Å². The van der Waals surface area contributed by atoms with E-state index in [4.69, 9.17) is 0 Å². The van der Waals surface area contributed by atoms with Crippen molar-refractivity contribution in [3.05, 3.63) is 35.9 Å². The molecule has 3 rings (SSSR count). The van der Waals surface area contributed by atoms with Gasteiger partial charge in [0.25, 0.3) is 0 Å². The highest BCUT2D eigenvalue weighted by molar-refractivity contribution is 5.26. The monoisotopic (exact) mass is 215 g/mol. The zero-order chi connectivity index (χ0) is 10.8. The summed E-state index contributed by atoms with van der Waals surface area (Å²) >= 11 is 0. The molecule has 0 amide bonds. The molecule has 1 aromatic rings. The summed E-state index contributed by atoms with van der Waals surface area (Å²) in [6.07, 6.45) is 9.61. The summed E-state index contributed by atoms with van der Waals surface area (Å²) in [5.41, 5.74) is 1.83. The topological polar surface area (TPSA) is 12.0 Å². The molecule has 0 heterocycles. The van der Waals surface area contributed by atoms with E-state index in [1.807, 2.05) is 0 Å². The van der Waals surface area contributed by atoms with Gasteiger partial charge in [-0.15, -0.1) is 0 Å². The van der Waals surface area contributed by atoms with Crippen molar-refractivity contribution in [2.24, 2.45) is 0 Å². The van der Waals surface area contributed by atoms with Gasteiger partial charge in [0.2, 0.25) is 0 Å². The molecule has 2 saturated carbocycles. The van der Waals surface area contributed by atoms with Crippen molar-refractivity contribution in [1.82, 2.24) is 5.32 Å². The minimum Gasteiger partial charge on any atom is -0.305 e.